The van der Waals surface area contributed by atoms with E-state index >= 15 is 0 Å². The van der Waals surface area contributed by atoms with Crippen molar-refractivity contribution in [1.82, 2.24) is 0 Å². The highest BCUT2D eigenvalue weighted by Gasteiger charge is 2.12. The van der Waals surface area contributed by atoms with E-state index in [4.69, 9.17) is 5.73 Å². The van der Waals surface area contributed by atoms with Gasteiger partial charge in [0.1, 0.15) is 0 Å². The summed E-state index contributed by atoms with van der Waals surface area (Å²) in [5, 5.41) is 8.11. The minimum atomic E-state index is -3.36. The predicted molar refractivity (Wildman–Crippen MR) is 104 cm³/mol. The maximum atomic E-state index is 11.8. The van der Waals surface area contributed by atoms with Gasteiger partial charge in [-0.05, 0) is 17.7 Å². The van der Waals surface area contributed by atoms with Crippen molar-refractivity contribution in [2.24, 2.45) is 15.9 Å². The fourth-order valence-corrected chi connectivity index (χ4v) is 3.86. The van der Waals surface area contributed by atoms with Crippen LogP contribution in [0.15, 0.2) is 68.1 Å². The predicted octanol–water partition coefficient (Wildman–Crippen LogP) is 3.43. The molecule has 0 saturated carbocycles. The van der Waals surface area contributed by atoms with Gasteiger partial charge in [-0.1, -0.05) is 64.1 Å². The molecule has 0 fully saturated rings. The first-order valence-corrected chi connectivity index (χ1v) is 10.6. The van der Waals surface area contributed by atoms with E-state index in [0.29, 0.717) is 21.0 Å². The van der Waals surface area contributed by atoms with Crippen LogP contribution in [-0.2, 0) is 15.6 Å². The number of sulfone groups is 1. The minimum absolute atomic E-state index is 0.186. The van der Waals surface area contributed by atoms with Crippen LogP contribution in [0.4, 0.5) is 0 Å². The number of benzene rings is 2. The highest BCUT2D eigenvalue weighted by molar-refractivity contribution is 9.10. The van der Waals surface area contributed by atoms with E-state index in [0.717, 1.165) is 11.8 Å². The van der Waals surface area contributed by atoms with Crippen LogP contribution in [0.25, 0.3) is 0 Å². The van der Waals surface area contributed by atoms with Crippen molar-refractivity contribution in [1.29, 1.82) is 0 Å². The molecule has 0 radical (unpaired) electrons. The summed E-state index contributed by atoms with van der Waals surface area (Å²) < 4.78 is 24.3. The van der Waals surface area contributed by atoms with Crippen LogP contribution in [0, 0.1) is 0 Å². The molecule has 0 unspecified atom stereocenters. The van der Waals surface area contributed by atoms with Gasteiger partial charge in [0.25, 0.3) is 0 Å². The smallest absolute Gasteiger partial charge is 0.180 e. The number of halogens is 1. The van der Waals surface area contributed by atoms with Crippen molar-refractivity contribution in [2.45, 2.75) is 10.6 Å². The lowest BCUT2D eigenvalue weighted by Crippen LogP contribution is -2.06. The maximum absolute atomic E-state index is 11.8. The van der Waals surface area contributed by atoms with E-state index < -0.39 is 9.84 Å². The zero-order valence-electron chi connectivity index (χ0n) is 12.9. The highest BCUT2D eigenvalue weighted by Crippen LogP contribution is 2.20. The molecule has 2 aromatic rings. The van der Waals surface area contributed by atoms with E-state index in [1.54, 1.807) is 12.1 Å². The lowest BCUT2D eigenvalue weighted by molar-refractivity contribution is 0.601. The molecule has 0 aromatic heterocycles. The molecule has 5 nitrogen and oxygen atoms in total. The van der Waals surface area contributed by atoms with Crippen LogP contribution in [0.2, 0.25) is 0 Å². The number of amidine groups is 1. The first-order valence-electron chi connectivity index (χ1n) is 6.89. The van der Waals surface area contributed by atoms with Crippen LogP contribution < -0.4 is 5.73 Å². The summed E-state index contributed by atoms with van der Waals surface area (Å²) in [4.78, 5) is 0.186. The lowest BCUT2D eigenvalue weighted by atomic mass is 10.2. The third kappa shape index (κ3) is 5.77. The first kappa shape index (κ1) is 18.7. The molecular weight excluding hydrogens is 410 g/mol. The molecular formula is C16H16BrN3O2S2. The van der Waals surface area contributed by atoms with Gasteiger partial charge in [-0.15, -0.1) is 5.10 Å². The van der Waals surface area contributed by atoms with Crippen molar-refractivity contribution < 1.29 is 8.42 Å². The van der Waals surface area contributed by atoms with Gasteiger partial charge in [0, 0.05) is 22.0 Å². The third-order valence-electron chi connectivity index (χ3n) is 2.96. The lowest BCUT2D eigenvalue weighted by Gasteiger charge is -2.03. The van der Waals surface area contributed by atoms with E-state index in [2.05, 4.69) is 26.1 Å². The van der Waals surface area contributed by atoms with Gasteiger partial charge in [0.05, 0.1) is 11.1 Å². The largest absolute Gasteiger partial charge is 0.377 e. The fraction of sp³-hybridized carbons (Fsp3) is 0.125. The van der Waals surface area contributed by atoms with Crippen molar-refractivity contribution >= 4 is 48.9 Å². The Labute approximate surface area is 154 Å². The number of thioether (sulfide) groups is 1. The highest BCUT2D eigenvalue weighted by atomic mass is 79.9. The summed E-state index contributed by atoms with van der Waals surface area (Å²) in [6.07, 6.45) is 2.54. The SMILES string of the molecule is CS(=O)(=O)c1cc(Br)ccc1C=NN=C(N)SCc1ccccc1. The van der Waals surface area contributed by atoms with E-state index in [1.165, 1.54) is 24.0 Å². The van der Waals surface area contributed by atoms with Crippen molar-refractivity contribution in [2.75, 3.05) is 6.26 Å². The molecule has 0 heterocycles. The Morgan fingerprint density at radius 1 is 1.25 bits per heavy atom. The quantitative estimate of drug-likeness (QED) is 0.451. The molecule has 126 valence electrons. The normalized spacial score (nSPS) is 12.7. The number of rotatable bonds is 5. The molecule has 0 saturated heterocycles. The molecule has 2 rings (SSSR count). The molecule has 2 N–H and O–H groups in total. The Balaban J connectivity index is 2.08. The summed E-state index contributed by atoms with van der Waals surface area (Å²) in [7, 11) is -3.36. The summed E-state index contributed by atoms with van der Waals surface area (Å²) in [5.74, 6) is 0.693. The Morgan fingerprint density at radius 3 is 2.62 bits per heavy atom. The topological polar surface area (TPSA) is 84.9 Å². The number of nitrogens with two attached hydrogens (primary N) is 1. The molecule has 0 aliphatic carbocycles. The first-order chi connectivity index (χ1) is 11.4. The van der Waals surface area contributed by atoms with Crippen LogP contribution in [0.5, 0.6) is 0 Å². The standard InChI is InChI=1S/C16H16BrN3O2S2/c1-24(21,22)15-9-14(17)8-7-13(15)10-19-20-16(18)23-11-12-5-3-2-4-6-12/h2-10H,11H2,1H3,(H2,18,20). The molecule has 0 spiro atoms. The van der Waals surface area contributed by atoms with E-state index in [-0.39, 0.29) is 4.90 Å². The second-order valence-corrected chi connectivity index (χ2v) is 8.81. The van der Waals surface area contributed by atoms with Crippen molar-refractivity contribution in [3.8, 4) is 0 Å². The Bertz CT molecular complexity index is 866. The van der Waals surface area contributed by atoms with Gasteiger partial charge in [-0.3, -0.25) is 0 Å². The van der Waals surface area contributed by atoms with Crippen LogP contribution in [-0.4, -0.2) is 26.1 Å². The average Bonchev–Trinajstić information content (AvgIpc) is 2.54. The molecule has 8 heteroatoms. The maximum Gasteiger partial charge on any atom is 0.180 e. The van der Waals surface area contributed by atoms with E-state index in [9.17, 15) is 8.42 Å². The van der Waals surface area contributed by atoms with Gasteiger partial charge >= 0.3 is 0 Å². The molecule has 2 aromatic carbocycles. The van der Waals surface area contributed by atoms with Gasteiger partial charge in [-0.2, -0.15) is 5.10 Å². The van der Waals surface area contributed by atoms with Gasteiger partial charge in [-0.25, -0.2) is 8.42 Å². The Morgan fingerprint density at radius 2 is 1.96 bits per heavy atom. The molecule has 0 aliphatic heterocycles. The zero-order valence-corrected chi connectivity index (χ0v) is 16.1. The Hall–Kier alpha value is -1.64. The number of hydrogen-bond acceptors (Lipinski definition) is 5. The van der Waals surface area contributed by atoms with Gasteiger partial charge < -0.3 is 5.73 Å². The molecule has 0 amide bonds. The molecule has 24 heavy (non-hydrogen) atoms. The summed E-state index contributed by atoms with van der Waals surface area (Å²) in [6, 6.07) is 14.8. The number of hydrogen-bond donors (Lipinski definition) is 1. The van der Waals surface area contributed by atoms with Crippen molar-refractivity contribution in [3.05, 3.63) is 64.1 Å². The van der Waals surface area contributed by atoms with Crippen LogP contribution >= 0.6 is 27.7 Å². The average molecular weight is 426 g/mol. The van der Waals surface area contributed by atoms with Gasteiger partial charge in [0.15, 0.2) is 15.0 Å². The summed E-state index contributed by atoms with van der Waals surface area (Å²) in [6.45, 7) is 0. The van der Waals surface area contributed by atoms with Crippen molar-refractivity contribution in [3.63, 3.8) is 0 Å². The second kappa shape index (κ2) is 8.46. The fourth-order valence-electron chi connectivity index (χ4n) is 1.84. The monoisotopic (exact) mass is 425 g/mol. The Kier molecular flexibility index (Phi) is 6.59. The third-order valence-corrected chi connectivity index (χ3v) is 5.46. The minimum Gasteiger partial charge on any atom is -0.377 e. The number of nitrogens with zero attached hydrogens (tertiary/aromatic N) is 2. The summed E-state index contributed by atoms with van der Waals surface area (Å²) >= 11 is 4.63. The zero-order chi connectivity index (χ0) is 17.6. The van der Waals surface area contributed by atoms with E-state index in [1.807, 2.05) is 30.3 Å². The molecule has 0 bridgehead atoms. The van der Waals surface area contributed by atoms with Crippen LogP contribution in [0.3, 0.4) is 0 Å². The van der Waals surface area contributed by atoms with Crippen LogP contribution in [0.1, 0.15) is 11.1 Å². The molecule has 0 aliphatic rings. The second-order valence-electron chi connectivity index (χ2n) is 4.91. The van der Waals surface area contributed by atoms with Gasteiger partial charge in [0.2, 0.25) is 0 Å². The summed E-state index contributed by atoms with van der Waals surface area (Å²) in [5.41, 5.74) is 7.41. The molecule has 0 atom stereocenters.